The molecule has 128 valence electrons. The molecular weight excluding hydrogens is 316 g/mol. The zero-order chi connectivity index (χ0) is 17.2. The first kappa shape index (κ1) is 15.7. The molecule has 3 atom stereocenters. The maximum atomic E-state index is 8.76. The minimum absolute atomic E-state index is 0.285. The molecule has 0 spiro atoms. The Morgan fingerprint density at radius 3 is 2.48 bits per heavy atom. The van der Waals surface area contributed by atoms with Crippen LogP contribution in [0.1, 0.15) is 31.4 Å². The van der Waals surface area contributed by atoms with Gasteiger partial charge in [-0.3, -0.25) is 0 Å². The number of nitriles is 1. The second-order valence-electron chi connectivity index (χ2n) is 6.68. The molecule has 2 aliphatic rings. The Kier molecular flexibility index (Phi) is 4.15. The lowest BCUT2D eigenvalue weighted by molar-refractivity contribution is 0.169. The van der Waals surface area contributed by atoms with Crippen LogP contribution in [-0.4, -0.2) is 50.0 Å². The normalized spacial score (nSPS) is 25.4. The molecule has 2 saturated heterocycles. The number of hydrogen-bond donors (Lipinski definition) is 2. The van der Waals surface area contributed by atoms with E-state index in [0.717, 1.165) is 18.7 Å². The first-order chi connectivity index (χ1) is 12.2. The Labute approximate surface area is 146 Å². The molecule has 0 saturated carbocycles. The number of aromatic nitrogens is 4. The Morgan fingerprint density at radius 1 is 1.04 bits per heavy atom. The summed E-state index contributed by atoms with van der Waals surface area (Å²) in [5, 5.41) is 15.4. The predicted octanol–water partition coefficient (Wildman–Crippen LogP) is 1.92. The van der Waals surface area contributed by atoms with Crippen molar-refractivity contribution < 1.29 is 0 Å². The fourth-order valence-corrected chi connectivity index (χ4v) is 3.82. The van der Waals surface area contributed by atoms with E-state index < -0.39 is 0 Å². The molecule has 2 aromatic heterocycles. The number of anilines is 3. The van der Waals surface area contributed by atoms with Crippen molar-refractivity contribution in [3.8, 4) is 6.07 Å². The summed E-state index contributed by atoms with van der Waals surface area (Å²) < 4.78 is 0. The average molecular weight is 336 g/mol. The maximum absolute atomic E-state index is 8.76. The highest BCUT2D eigenvalue weighted by atomic mass is 15.2. The second kappa shape index (κ2) is 6.61. The summed E-state index contributed by atoms with van der Waals surface area (Å²) in [6, 6.07) is 5.64. The van der Waals surface area contributed by atoms with Crippen LogP contribution in [0.3, 0.4) is 0 Å². The van der Waals surface area contributed by atoms with E-state index >= 15 is 0 Å². The van der Waals surface area contributed by atoms with E-state index in [1.165, 1.54) is 31.6 Å². The molecule has 2 aliphatic heterocycles. The maximum Gasteiger partial charge on any atom is 0.158 e. The fourth-order valence-electron chi connectivity index (χ4n) is 3.82. The van der Waals surface area contributed by atoms with Gasteiger partial charge in [0.1, 0.15) is 29.9 Å². The lowest BCUT2D eigenvalue weighted by Gasteiger charge is -2.36. The Hall–Kier alpha value is -2.79. The molecule has 0 aromatic carbocycles. The van der Waals surface area contributed by atoms with Crippen molar-refractivity contribution in [2.75, 3.05) is 17.7 Å². The molecule has 8 nitrogen and oxygen atoms in total. The van der Waals surface area contributed by atoms with Crippen LogP contribution in [-0.2, 0) is 0 Å². The molecular formula is C17H20N8. The van der Waals surface area contributed by atoms with Crippen molar-refractivity contribution in [2.45, 2.75) is 43.8 Å². The van der Waals surface area contributed by atoms with Crippen LogP contribution in [0.25, 0.3) is 0 Å². The topological polar surface area (TPSA) is 103 Å². The second-order valence-corrected chi connectivity index (χ2v) is 6.68. The monoisotopic (exact) mass is 336 g/mol. The van der Waals surface area contributed by atoms with Gasteiger partial charge >= 0.3 is 0 Å². The third-order valence-corrected chi connectivity index (χ3v) is 5.14. The van der Waals surface area contributed by atoms with Gasteiger partial charge in [-0.25, -0.2) is 19.9 Å². The predicted molar refractivity (Wildman–Crippen MR) is 93.3 cm³/mol. The first-order valence-corrected chi connectivity index (χ1v) is 8.51. The van der Waals surface area contributed by atoms with Crippen LogP contribution >= 0.6 is 0 Å². The molecule has 4 heterocycles. The molecule has 2 N–H and O–H groups in total. The summed E-state index contributed by atoms with van der Waals surface area (Å²) in [5.41, 5.74) is 0.285. The molecule has 0 radical (unpaired) electrons. The van der Waals surface area contributed by atoms with Gasteiger partial charge < -0.3 is 15.5 Å². The smallest absolute Gasteiger partial charge is 0.158 e. The van der Waals surface area contributed by atoms with E-state index in [1.54, 1.807) is 0 Å². The Balaban J connectivity index is 1.42. The molecule has 0 aliphatic carbocycles. The van der Waals surface area contributed by atoms with Crippen LogP contribution < -0.4 is 10.6 Å². The van der Waals surface area contributed by atoms with Gasteiger partial charge in [-0.15, -0.1) is 0 Å². The van der Waals surface area contributed by atoms with Gasteiger partial charge in [0.25, 0.3) is 0 Å². The molecule has 8 heteroatoms. The van der Waals surface area contributed by atoms with Gasteiger partial charge in [-0.2, -0.15) is 5.26 Å². The molecule has 25 heavy (non-hydrogen) atoms. The molecule has 2 aromatic rings. The lowest BCUT2D eigenvalue weighted by Crippen LogP contribution is -2.44. The standard InChI is InChI=1S/C17H20N8/c1-25-13-2-3-14(25)5-11(4-13)23-15-6-16(22-10-21-15)24-17-9-19-12(7-18)8-20-17/h6,8-11,13-14H,2-5H2,1H3,(H2,20,21,22,23,24)/t11-,13+,14-. The minimum Gasteiger partial charge on any atom is -0.367 e. The summed E-state index contributed by atoms with van der Waals surface area (Å²) in [5.74, 6) is 2.00. The third kappa shape index (κ3) is 3.37. The van der Waals surface area contributed by atoms with Crippen molar-refractivity contribution >= 4 is 17.5 Å². The largest absolute Gasteiger partial charge is 0.367 e. The van der Waals surface area contributed by atoms with E-state index in [-0.39, 0.29) is 5.69 Å². The van der Waals surface area contributed by atoms with Gasteiger partial charge in [0, 0.05) is 24.2 Å². The Morgan fingerprint density at radius 2 is 1.80 bits per heavy atom. The van der Waals surface area contributed by atoms with Crippen molar-refractivity contribution in [2.24, 2.45) is 0 Å². The number of fused-ring (bicyclic) bond motifs is 2. The molecule has 2 bridgehead atoms. The molecule has 0 unspecified atom stereocenters. The van der Waals surface area contributed by atoms with Crippen molar-refractivity contribution in [1.82, 2.24) is 24.8 Å². The quantitative estimate of drug-likeness (QED) is 0.873. The van der Waals surface area contributed by atoms with Gasteiger partial charge in [-0.05, 0) is 32.7 Å². The van der Waals surface area contributed by atoms with E-state index in [9.17, 15) is 0 Å². The number of rotatable bonds is 4. The lowest BCUT2D eigenvalue weighted by atomic mass is 9.98. The SMILES string of the molecule is CN1[C@@H]2CC[C@H]1C[C@@H](Nc1cc(Nc3cnc(C#N)cn3)ncn1)C2. The van der Waals surface area contributed by atoms with E-state index in [2.05, 4.69) is 42.5 Å². The van der Waals surface area contributed by atoms with Crippen LogP contribution in [0, 0.1) is 11.3 Å². The zero-order valence-electron chi connectivity index (χ0n) is 14.1. The van der Waals surface area contributed by atoms with E-state index in [1.807, 2.05) is 12.1 Å². The van der Waals surface area contributed by atoms with Crippen molar-refractivity contribution in [3.63, 3.8) is 0 Å². The van der Waals surface area contributed by atoms with Gasteiger partial charge in [-0.1, -0.05) is 0 Å². The van der Waals surface area contributed by atoms with Crippen molar-refractivity contribution in [1.29, 1.82) is 5.26 Å². The van der Waals surface area contributed by atoms with Crippen LogP contribution in [0.2, 0.25) is 0 Å². The summed E-state index contributed by atoms with van der Waals surface area (Å²) in [7, 11) is 2.24. The highest BCUT2D eigenvalue weighted by molar-refractivity contribution is 5.55. The van der Waals surface area contributed by atoms with E-state index in [0.29, 0.717) is 29.8 Å². The summed E-state index contributed by atoms with van der Waals surface area (Å²) in [4.78, 5) is 19.2. The third-order valence-electron chi connectivity index (χ3n) is 5.14. The summed E-state index contributed by atoms with van der Waals surface area (Å²) in [6.45, 7) is 0. The van der Waals surface area contributed by atoms with E-state index in [4.69, 9.17) is 5.26 Å². The number of hydrogen-bond acceptors (Lipinski definition) is 8. The van der Waals surface area contributed by atoms with Crippen LogP contribution in [0.15, 0.2) is 24.8 Å². The number of piperidine rings is 1. The van der Waals surface area contributed by atoms with Crippen LogP contribution in [0.5, 0.6) is 0 Å². The van der Waals surface area contributed by atoms with Gasteiger partial charge in [0.05, 0.1) is 12.4 Å². The number of nitrogens with one attached hydrogen (secondary N) is 2. The Bertz CT molecular complexity index is 770. The molecule has 0 amide bonds. The van der Waals surface area contributed by atoms with Crippen LogP contribution in [0.4, 0.5) is 17.5 Å². The van der Waals surface area contributed by atoms with Gasteiger partial charge in [0.2, 0.25) is 0 Å². The minimum atomic E-state index is 0.285. The first-order valence-electron chi connectivity index (χ1n) is 8.51. The highest BCUT2D eigenvalue weighted by Gasteiger charge is 2.38. The van der Waals surface area contributed by atoms with Crippen molar-refractivity contribution in [3.05, 3.63) is 30.5 Å². The van der Waals surface area contributed by atoms with Gasteiger partial charge in [0.15, 0.2) is 5.69 Å². The average Bonchev–Trinajstić information content (AvgIpc) is 2.83. The fraction of sp³-hybridized carbons (Fsp3) is 0.471. The molecule has 2 fully saturated rings. The highest BCUT2D eigenvalue weighted by Crippen LogP contribution is 2.35. The molecule has 4 rings (SSSR count). The summed E-state index contributed by atoms with van der Waals surface area (Å²) >= 11 is 0. The number of nitrogens with zero attached hydrogens (tertiary/aromatic N) is 6. The zero-order valence-corrected chi connectivity index (χ0v) is 14.1. The summed E-state index contributed by atoms with van der Waals surface area (Å²) in [6.07, 6.45) is 9.38.